The summed E-state index contributed by atoms with van der Waals surface area (Å²) in [6.07, 6.45) is 0.649. The number of amides is 1. The van der Waals surface area contributed by atoms with Gasteiger partial charge in [0, 0.05) is 19.2 Å². The van der Waals surface area contributed by atoms with Crippen molar-refractivity contribution in [1.82, 2.24) is 9.99 Å². The minimum absolute atomic E-state index is 0.105. The molecule has 5 unspecified atom stereocenters. The predicted molar refractivity (Wildman–Crippen MR) is 131 cm³/mol. The van der Waals surface area contributed by atoms with Gasteiger partial charge in [0.2, 0.25) is 6.41 Å². The first-order valence-electron chi connectivity index (χ1n) is 11.2. The number of ether oxygens (including phenoxy) is 2. The average Bonchev–Trinajstić information content (AvgIpc) is 3.20. The van der Waals surface area contributed by atoms with Gasteiger partial charge in [0.05, 0.1) is 18.8 Å². The molecule has 0 aromatic heterocycles. The normalized spacial score (nSPS) is 22.5. The second kappa shape index (κ2) is 14.1. The monoisotopic (exact) mass is 512 g/mol. The van der Waals surface area contributed by atoms with Crippen molar-refractivity contribution >= 4 is 26.7 Å². The first-order valence-corrected chi connectivity index (χ1v) is 12.4. The topological polar surface area (TPSA) is 125 Å². The van der Waals surface area contributed by atoms with Crippen molar-refractivity contribution in [3.8, 4) is 5.75 Å². The lowest BCUT2D eigenvalue weighted by Gasteiger charge is -2.25. The number of esters is 1. The summed E-state index contributed by atoms with van der Waals surface area (Å²) in [5.74, 6) is -1.11. The molecule has 1 aromatic rings. The van der Waals surface area contributed by atoms with E-state index in [4.69, 9.17) is 24.3 Å². The molecule has 35 heavy (non-hydrogen) atoms. The maximum absolute atomic E-state index is 14.1. The van der Waals surface area contributed by atoms with Crippen molar-refractivity contribution in [2.45, 2.75) is 58.6 Å². The number of benzene rings is 1. The summed E-state index contributed by atoms with van der Waals surface area (Å²) in [5, 5.41) is 3.03. The molecule has 0 radical (unpaired) electrons. The Morgan fingerprint density at radius 2 is 2.06 bits per heavy atom. The number of carbonyl (C=O) groups excluding carboxylic acids is 2. The van der Waals surface area contributed by atoms with E-state index in [1.165, 1.54) is 7.05 Å². The molecule has 10 nitrogen and oxygen atoms in total. The van der Waals surface area contributed by atoms with Crippen molar-refractivity contribution in [2.24, 2.45) is 16.6 Å². The summed E-state index contributed by atoms with van der Waals surface area (Å²) in [6, 6.07) is 8.37. The van der Waals surface area contributed by atoms with Crippen molar-refractivity contribution in [3.63, 3.8) is 0 Å². The zero-order chi connectivity index (χ0) is 26.0. The Morgan fingerprint density at radius 1 is 1.37 bits per heavy atom. The van der Waals surface area contributed by atoms with Crippen LogP contribution >= 0.6 is 8.53 Å². The summed E-state index contributed by atoms with van der Waals surface area (Å²) < 4.78 is 37.2. The highest BCUT2D eigenvalue weighted by Gasteiger charge is 2.37. The molecule has 1 fully saturated rings. The van der Waals surface area contributed by atoms with Crippen LogP contribution in [0.5, 0.6) is 5.75 Å². The molecular weight excluding hydrogens is 478 g/mol. The Balaban J connectivity index is 2.04. The number of aliphatic imine (C=N–C) groups is 1. The van der Waals surface area contributed by atoms with Gasteiger partial charge in [0.15, 0.2) is 11.7 Å². The first kappa shape index (κ1) is 28.6. The van der Waals surface area contributed by atoms with E-state index in [0.29, 0.717) is 18.6 Å². The third-order valence-corrected chi connectivity index (χ3v) is 6.29. The van der Waals surface area contributed by atoms with Crippen LogP contribution in [-0.2, 0) is 23.6 Å². The number of hydrogen-bond acceptors (Lipinski definition) is 8. The Bertz CT molecular complexity index is 888. The van der Waals surface area contributed by atoms with Crippen LogP contribution in [0.2, 0.25) is 0 Å². The standard InChI is InChI=1S/C23H34FN4O6P/c1-15(2)32-23(30)17(4)27-35(34-18-9-7-6-8-10-18)31-13-19-11-16(3)22(33-19)28(14-29)12-20(24)21(25)26-5/h6-10,12,14-17,19,22,27H,11,13H2,1-5H3,(H2,25,26)/b20-12+. The molecule has 1 aromatic carbocycles. The van der Waals surface area contributed by atoms with Gasteiger partial charge in [0.1, 0.15) is 18.0 Å². The second-order valence-corrected chi connectivity index (χ2v) is 9.51. The third kappa shape index (κ3) is 9.18. The summed E-state index contributed by atoms with van der Waals surface area (Å²) in [6.45, 7) is 7.21. The highest BCUT2D eigenvalue weighted by atomic mass is 31.2. The largest absolute Gasteiger partial charge is 0.462 e. The van der Waals surface area contributed by atoms with Crippen LogP contribution in [-0.4, -0.2) is 61.2 Å². The van der Waals surface area contributed by atoms with Gasteiger partial charge in [-0.05, 0) is 39.3 Å². The molecule has 0 spiro atoms. The van der Waals surface area contributed by atoms with Crippen LogP contribution in [0.3, 0.4) is 0 Å². The van der Waals surface area contributed by atoms with Gasteiger partial charge in [0.25, 0.3) is 0 Å². The lowest BCUT2D eigenvalue weighted by molar-refractivity contribution is -0.149. The number of nitrogens with two attached hydrogens (primary N) is 1. The molecule has 2 rings (SSSR count). The summed E-state index contributed by atoms with van der Waals surface area (Å²) >= 11 is 0. The van der Waals surface area contributed by atoms with Crippen molar-refractivity contribution in [3.05, 3.63) is 42.4 Å². The van der Waals surface area contributed by atoms with Gasteiger partial charge >= 0.3 is 14.5 Å². The molecule has 0 saturated carbocycles. The minimum atomic E-state index is -1.74. The molecular formula is C23H34FN4O6P. The van der Waals surface area contributed by atoms with Crippen LogP contribution in [0.4, 0.5) is 4.39 Å². The molecule has 1 aliphatic rings. The van der Waals surface area contributed by atoms with Crippen LogP contribution in [0.25, 0.3) is 0 Å². The van der Waals surface area contributed by atoms with Crippen LogP contribution in [0, 0.1) is 5.92 Å². The van der Waals surface area contributed by atoms with Gasteiger partial charge in [-0.15, -0.1) is 0 Å². The Labute approximate surface area is 206 Å². The van der Waals surface area contributed by atoms with E-state index in [9.17, 15) is 14.0 Å². The Morgan fingerprint density at radius 3 is 2.66 bits per heavy atom. The highest BCUT2D eigenvalue weighted by Crippen LogP contribution is 2.38. The van der Waals surface area contributed by atoms with E-state index in [-0.39, 0.29) is 24.5 Å². The van der Waals surface area contributed by atoms with E-state index >= 15 is 0 Å². The Hall–Kier alpha value is -2.59. The molecule has 0 bridgehead atoms. The first-order chi connectivity index (χ1) is 16.6. The van der Waals surface area contributed by atoms with Gasteiger partial charge < -0.3 is 24.3 Å². The number of para-hydroxylation sites is 1. The van der Waals surface area contributed by atoms with Crippen molar-refractivity contribution in [1.29, 1.82) is 0 Å². The maximum atomic E-state index is 14.1. The van der Waals surface area contributed by atoms with Gasteiger partial charge in [-0.1, -0.05) is 25.1 Å². The molecule has 1 aliphatic heterocycles. The number of halogens is 1. The number of hydrogen-bond donors (Lipinski definition) is 2. The number of nitrogens with one attached hydrogen (secondary N) is 1. The Kier molecular flexibility index (Phi) is 11.5. The molecule has 5 atom stereocenters. The van der Waals surface area contributed by atoms with Gasteiger partial charge in [-0.3, -0.25) is 19.5 Å². The zero-order valence-electron chi connectivity index (χ0n) is 20.6. The smallest absolute Gasteiger partial charge is 0.323 e. The number of nitrogens with zero attached hydrogens (tertiary/aromatic N) is 2. The van der Waals surface area contributed by atoms with E-state index in [2.05, 4.69) is 10.1 Å². The van der Waals surface area contributed by atoms with Crippen molar-refractivity contribution < 1.29 is 32.5 Å². The lowest BCUT2D eigenvalue weighted by Crippen LogP contribution is -2.36. The molecule has 0 aliphatic carbocycles. The summed E-state index contributed by atoms with van der Waals surface area (Å²) in [4.78, 5) is 28.5. The van der Waals surface area contributed by atoms with E-state index in [0.717, 1.165) is 11.1 Å². The fraction of sp³-hybridized carbons (Fsp3) is 0.522. The van der Waals surface area contributed by atoms with E-state index in [1.807, 2.05) is 25.1 Å². The average molecular weight is 513 g/mol. The van der Waals surface area contributed by atoms with Gasteiger partial charge in [-0.25, -0.2) is 9.48 Å². The molecule has 1 heterocycles. The molecule has 1 saturated heterocycles. The second-order valence-electron chi connectivity index (χ2n) is 8.29. The predicted octanol–water partition coefficient (Wildman–Crippen LogP) is 3.25. The number of carbonyl (C=O) groups is 2. The van der Waals surface area contributed by atoms with Crippen LogP contribution in [0.1, 0.15) is 34.1 Å². The van der Waals surface area contributed by atoms with Crippen molar-refractivity contribution in [2.75, 3.05) is 13.7 Å². The summed E-state index contributed by atoms with van der Waals surface area (Å²) in [5.41, 5.74) is 5.46. The fourth-order valence-electron chi connectivity index (χ4n) is 3.22. The highest BCUT2D eigenvalue weighted by molar-refractivity contribution is 7.45. The molecule has 194 valence electrons. The van der Waals surface area contributed by atoms with Crippen LogP contribution < -0.4 is 15.3 Å². The zero-order valence-corrected chi connectivity index (χ0v) is 21.5. The lowest BCUT2D eigenvalue weighted by atomic mass is 10.1. The molecule has 12 heteroatoms. The molecule has 1 amide bonds. The van der Waals surface area contributed by atoms with Crippen LogP contribution in [0.15, 0.2) is 47.4 Å². The summed E-state index contributed by atoms with van der Waals surface area (Å²) in [7, 11) is -0.390. The molecule has 3 N–H and O–H groups in total. The maximum Gasteiger partial charge on any atom is 0.323 e. The van der Waals surface area contributed by atoms with E-state index in [1.54, 1.807) is 32.9 Å². The fourth-order valence-corrected chi connectivity index (χ4v) is 4.44. The SMILES string of the molecule is C/N=C(N)\C(F)=C/N(C=O)C1OC(COP(NC(C)C(=O)OC(C)C)Oc2ccccc2)CC1C. The van der Waals surface area contributed by atoms with Gasteiger partial charge in [-0.2, -0.15) is 0 Å². The minimum Gasteiger partial charge on any atom is -0.462 e. The number of amidine groups is 1. The third-order valence-electron chi connectivity index (χ3n) is 4.93. The number of rotatable bonds is 13. The van der Waals surface area contributed by atoms with E-state index < -0.39 is 38.7 Å². The quantitative estimate of drug-likeness (QED) is 0.136.